The van der Waals surface area contributed by atoms with Gasteiger partial charge in [0, 0.05) is 12.3 Å². The largest absolute Gasteiger partial charge is 0.246 e. The Morgan fingerprint density at radius 2 is 1.93 bits per heavy atom. The van der Waals surface area contributed by atoms with Crippen LogP contribution in [0.15, 0.2) is 22.3 Å². The summed E-state index contributed by atoms with van der Waals surface area (Å²) in [6, 6.07) is 0. The Kier molecular flexibility index (Phi) is 3.65. The van der Waals surface area contributed by atoms with Crippen LogP contribution in [0.1, 0.15) is 26.7 Å². The van der Waals surface area contributed by atoms with Crippen molar-refractivity contribution in [2.75, 3.05) is 0 Å². The lowest BCUT2D eigenvalue weighted by molar-refractivity contribution is 0.264. The zero-order valence-corrected chi connectivity index (χ0v) is 8.84. The second-order valence-corrected chi connectivity index (χ2v) is 3.88. The van der Waals surface area contributed by atoms with Crippen molar-refractivity contribution < 1.29 is 13.2 Å². The lowest BCUT2D eigenvalue weighted by Gasteiger charge is -2.16. The molecule has 1 aliphatic rings. The third-order valence-electron chi connectivity index (χ3n) is 2.56. The molecule has 0 N–H and O–H groups in total. The van der Waals surface area contributed by atoms with Crippen molar-refractivity contribution in [2.24, 2.45) is 5.92 Å². The van der Waals surface area contributed by atoms with E-state index in [0.29, 0.717) is 6.42 Å². The molecule has 4 heteroatoms. The van der Waals surface area contributed by atoms with E-state index in [1.54, 1.807) is 13.8 Å². The fourth-order valence-corrected chi connectivity index (χ4v) is 1.82. The van der Waals surface area contributed by atoms with Crippen LogP contribution in [0.5, 0.6) is 0 Å². The molecular weight excluding hydrogens is 213 g/mol. The van der Waals surface area contributed by atoms with Crippen LogP contribution < -0.4 is 0 Å². The van der Waals surface area contributed by atoms with Gasteiger partial charge in [-0.2, -0.15) is 0 Å². The van der Waals surface area contributed by atoms with Gasteiger partial charge >= 0.3 is 0 Å². The van der Waals surface area contributed by atoms with Crippen molar-refractivity contribution in [1.82, 2.24) is 0 Å². The van der Waals surface area contributed by atoms with Crippen molar-refractivity contribution >= 4 is 11.6 Å². The normalized spacial score (nSPS) is 29.6. The Morgan fingerprint density at radius 1 is 1.36 bits per heavy atom. The van der Waals surface area contributed by atoms with Gasteiger partial charge in [-0.05, 0) is 12.0 Å². The van der Waals surface area contributed by atoms with Crippen LogP contribution in [-0.4, -0.2) is 6.17 Å². The second-order valence-electron chi connectivity index (χ2n) is 3.42. The molecule has 0 amide bonds. The van der Waals surface area contributed by atoms with Crippen molar-refractivity contribution in [2.45, 2.75) is 32.9 Å². The summed E-state index contributed by atoms with van der Waals surface area (Å²) in [6.45, 7) is 3.22. The Balaban J connectivity index is 3.19. The molecule has 1 aliphatic carbocycles. The van der Waals surface area contributed by atoms with Crippen LogP contribution in [0.4, 0.5) is 13.2 Å². The molecule has 0 aromatic rings. The summed E-state index contributed by atoms with van der Waals surface area (Å²) in [5.41, 5.74) is 0.172. The average Bonchev–Trinajstić information content (AvgIpc) is 2.21. The SMILES string of the molecule is CCC1=C(F)C(F)=C(Cl)CC(F)C1C. The van der Waals surface area contributed by atoms with Gasteiger partial charge in [0.15, 0.2) is 11.7 Å². The molecule has 0 nitrogen and oxygen atoms in total. The average molecular weight is 225 g/mol. The van der Waals surface area contributed by atoms with Gasteiger partial charge in [-0.1, -0.05) is 25.4 Å². The monoisotopic (exact) mass is 224 g/mol. The number of hydrogen-bond donors (Lipinski definition) is 0. The summed E-state index contributed by atoms with van der Waals surface area (Å²) in [7, 11) is 0. The zero-order valence-electron chi connectivity index (χ0n) is 8.08. The predicted octanol–water partition coefficient (Wildman–Crippen LogP) is 4.42. The minimum absolute atomic E-state index is 0.172. The molecule has 80 valence electrons. The lowest BCUT2D eigenvalue weighted by atomic mass is 9.93. The molecule has 0 radical (unpaired) electrons. The Labute approximate surface area is 86.4 Å². The smallest absolute Gasteiger partial charge is 0.173 e. The minimum Gasteiger partial charge on any atom is -0.246 e. The van der Waals surface area contributed by atoms with E-state index in [1.807, 2.05) is 0 Å². The van der Waals surface area contributed by atoms with Crippen molar-refractivity contribution in [3.8, 4) is 0 Å². The highest BCUT2D eigenvalue weighted by Gasteiger charge is 2.30. The van der Waals surface area contributed by atoms with Gasteiger partial charge in [-0.3, -0.25) is 0 Å². The topological polar surface area (TPSA) is 0 Å². The van der Waals surface area contributed by atoms with E-state index in [1.165, 1.54) is 0 Å². The van der Waals surface area contributed by atoms with E-state index in [9.17, 15) is 13.2 Å². The fraction of sp³-hybridized carbons (Fsp3) is 0.600. The first kappa shape index (κ1) is 11.6. The Bertz CT molecular complexity index is 294. The van der Waals surface area contributed by atoms with Gasteiger partial charge in [0.05, 0.1) is 5.03 Å². The van der Waals surface area contributed by atoms with E-state index in [2.05, 4.69) is 0 Å². The van der Waals surface area contributed by atoms with E-state index in [4.69, 9.17) is 11.6 Å². The third kappa shape index (κ3) is 1.97. The number of rotatable bonds is 1. The van der Waals surface area contributed by atoms with Gasteiger partial charge in [-0.15, -0.1) is 0 Å². The maximum absolute atomic E-state index is 13.4. The molecule has 2 atom stereocenters. The van der Waals surface area contributed by atoms with Gasteiger partial charge < -0.3 is 0 Å². The summed E-state index contributed by atoms with van der Waals surface area (Å²) < 4.78 is 39.9. The molecule has 1 rings (SSSR count). The molecule has 0 spiro atoms. The molecule has 14 heavy (non-hydrogen) atoms. The highest BCUT2D eigenvalue weighted by molar-refractivity contribution is 6.30. The molecule has 0 aromatic carbocycles. The van der Waals surface area contributed by atoms with Crippen LogP contribution in [-0.2, 0) is 0 Å². The van der Waals surface area contributed by atoms with Gasteiger partial charge in [-0.25, -0.2) is 13.2 Å². The Morgan fingerprint density at radius 3 is 2.43 bits per heavy atom. The molecule has 0 saturated heterocycles. The summed E-state index contributed by atoms with van der Waals surface area (Å²) in [5.74, 6) is -2.69. The first-order chi connectivity index (χ1) is 6.49. The van der Waals surface area contributed by atoms with Gasteiger partial charge in [0.1, 0.15) is 6.17 Å². The molecule has 0 heterocycles. The van der Waals surface area contributed by atoms with E-state index < -0.39 is 23.7 Å². The van der Waals surface area contributed by atoms with Crippen molar-refractivity contribution in [1.29, 1.82) is 0 Å². The number of hydrogen-bond acceptors (Lipinski definition) is 0. The standard InChI is InChI=1S/C10H12ClF3/c1-3-6-5(2)8(12)4-7(11)10(14)9(6)13/h5,8H,3-4H2,1-2H3. The molecule has 0 bridgehead atoms. The molecule has 0 saturated carbocycles. The zero-order chi connectivity index (χ0) is 10.9. The molecule has 2 unspecified atom stereocenters. The van der Waals surface area contributed by atoms with E-state index in [0.717, 1.165) is 0 Å². The summed E-state index contributed by atoms with van der Waals surface area (Å²) in [5, 5.41) is -0.356. The maximum Gasteiger partial charge on any atom is 0.173 e. The number of halogens is 4. The highest BCUT2D eigenvalue weighted by atomic mass is 35.5. The van der Waals surface area contributed by atoms with Gasteiger partial charge in [0.25, 0.3) is 0 Å². The second kappa shape index (κ2) is 4.39. The van der Waals surface area contributed by atoms with Crippen LogP contribution in [0, 0.1) is 5.92 Å². The third-order valence-corrected chi connectivity index (χ3v) is 2.88. The van der Waals surface area contributed by atoms with Crippen molar-refractivity contribution in [3.63, 3.8) is 0 Å². The predicted molar refractivity (Wildman–Crippen MR) is 51.1 cm³/mol. The van der Waals surface area contributed by atoms with Crippen LogP contribution in [0.3, 0.4) is 0 Å². The van der Waals surface area contributed by atoms with Crippen molar-refractivity contribution in [3.05, 3.63) is 22.3 Å². The first-order valence-electron chi connectivity index (χ1n) is 4.56. The molecule has 0 aromatic heterocycles. The number of alkyl halides is 1. The quantitative estimate of drug-likeness (QED) is 0.619. The molecule has 0 aliphatic heterocycles. The highest BCUT2D eigenvalue weighted by Crippen LogP contribution is 2.38. The minimum atomic E-state index is -1.31. The maximum atomic E-state index is 13.4. The summed E-state index contributed by atoms with van der Waals surface area (Å²) in [4.78, 5) is 0. The summed E-state index contributed by atoms with van der Waals surface area (Å²) in [6.07, 6.45) is -1.26. The first-order valence-corrected chi connectivity index (χ1v) is 4.93. The van der Waals surface area contributed by atoms with Crippen LogP contribution in [0.2, 0.25) is 0 Å². The van der Waals surface area contributed by atoms with E-state index >= 15 is 0 Å². The Hall–Kier alpha value is -0.440. The van der Waals surface area contributed by atoms with Gasteiger partial charge in [0.2, 0.25) is 0 Å². The number of allylic oxidation sites excluding steroid dienone is 4. The lowest BCUT2D eigenvalue weighted by Crippen LogP contribution is -2.14. The van der Waals surface area contributed by atoms with E-state index in [-0.39, 0.29) is 17.0 Å². The molecule has 0 fully saturated rings. The summed E-state index contributed by atoms with van der Waals surface area (Å²) >= 11 is 5.44. The van der Waals surface area contributed by atoms with Crippen LogP contribution >= 0.6 is 11.6 Å². The fourth-order valence-electron chi connectivity index (χ4n) is 1.59. The van der Waals surface area contributed by atoms with Crippen LogP contribution in [0.25, 0.3) is 0 Å². The molecular formula is C10H12ClF3.